The Labute approximate surface area is 73.5 Å². The average molecular weight is 164 g/mol. The molecule has 3 aliphatic carbocycles. The van der Waals surface area contributed by atoms with Gasteiger partial charge in [0.1, 0.15) is 0 Å². The summed E-state index contributed by atoms with van der Waals surface area (Å²) in [6.07, 6.45) is 11.0. The number of allylic oxidation sites excluding steroid dienone is 2. The third kappa shape index (κ3) is 0.610. The van der Waals surface area contributed by atoms with Gasteiger partial charge in [0.05, 0.1) is 6.10 Å². The van der Waals surface area contributed by atoms with E-state index < -0.39 is 0 Å². The molecule has 0 aromatic heterocycles. The van der Waals surface area contributed by atoms with Crippen molar-refractivity contribution in [1.29, 1.82) is 0 Å². The lowest BCUT2D eigenvalue weighted by molar-refractivity contribution is 0.0236. The van der Waals surface area contributed by atoms with Crippen molar-refractivity contribution in [3.63, 3.8) is 0 Å². The average Bonchev–Trinajstić information content (AvgIpc) is 2.73. The number of hydrogen-bond donors (Lipinski definition) is 1. The second-order valence-corrected chi connectivity index (χ2v) is 4.70. The molecule has 3 aliphatic rings. The van der Waals surface area contributed by atoms with Gasteiger partial charge in [0.2, 0.25) is 0 Å². The summed E-state index contributed by atoms with van der Waals surface area (Å²) in [6, 6.07) is 0. The number of hydrogen-bond acceptors (Lipinski definition) is 1. The van der Waals surface area contributed by atoms with E-state index in [0.717, 1.165) is 18.3 Å². The van der Waals surface area contributed by atoms with Gasteiger partial charge in [0, 0.05) is 5.41 Å². The zero-order valence-electron chi connectivity index (χ0n) is 7.37. The van der Waals surface area contributed by atoms with Crippen LogP contribution in [0.2, 0.25) is 0 Å². The Kier molecular flexibility index (Phi) is 1.27. The second-order valence-electron chi connectivity index (χ2n) is 4.70. The highest BCUT2D eigenvalue weighted by atomic mass is 16.3. The van der Waals surface area contributed by atoms with E-state index in [1.54, 1.807) is 0 Å². The van der Waals surface area contributed by atoms with Gasteiger partial charge in [0.15, 0.2) is 0 Å². The minimum atomic E-state index is 0.00463. The lowest BCUT2D eigenvalue weighted by Crippen LogP contribution is -2.35. The van der Waals surface area contributed by atoms with Crippen LogP contribution in [0.1, 0.15) is 32.1 Å². The summed E-state index contributed by atoms with van der Waals surface area (Å²) in [5.74, 6) is 1.44. The van der Waals surface area contributed by atoms with Crippen molar-refractivity contribution in [2.75, 3.05) is 0 Å². The van der Waals surface area contributed by atoms with Crippen molar-refractivity contribution < 1.29 is 5.11 Å². The normalized spacial score (nSPS) is 55.9. The summed E-state index contributed by atoms with van der Waals surface area (Å²) in [5.41, 5.74) is 0.319. The van der Waals surface area contributed by atoms with Gasteiger partial charge in [-0.15, -0.1) is 0 Å². The first kappa shape index (κ1) is 7.14. The van der Waals surface area contributed by atoms with Crippen LogP contribution in [0, 0.1) is 17.3 Å². The van der Waals surface area contributed by atoms with E-state index in [4.69, 9.17) is 0 Å². The van der Waals surface area contributed by atoms with Gasteiger partial charge in [-0.3, -0.25) is 0 Å². The van der Waals surface area contributed by atoms with Gasteiger partial charge >= 0.3 is 0 Å². The first-order chi connectivity index (χ1) is 5.84. The van der Waals surface area contributed by atoms with Gasteiger partial charge in [-0.05, 0) is 37.5 Å². The first-order valence-electron chi connectivity index (χ1n) is 5.20. The summed E-state index contributed by atoms with van der Waals surface area (Å²) in [4.78, 5) is 0. The molecule has 0 heterocycles. The predicted octanol–water partition coefficient (Wildman–Crippen LogP) is 2.11. The van der Waals surface area contributed by atoms with E-state index in [2.05, 4.69) is 12.2 Å². The van der Waals surface area contributed by atoms with Crippen LogP contribution in [0.25, 0.3) is 0 Å². The van der Waals surface area contributed by atoms with Gasteiger partial charge in [-0.25, -0.2) is 0 Å². The highest BCUT2D eigenvalue weighted by Gasteiger charge is 2.57. The fourth-order valence-electron chi connectivity index (χ4n) is 3.89. The second kappa shape index (κ2) is 2.14. The molecule has 0 amide bonds. The van der Waals surface area contributed by atoms with Crippen LogP contribution in [-0.2, 0) is 0 Å². The molecule has 1 nitrogen and oxygen atoms in total. The van der Waals surface area contributed by atoms with E-state index >= 15 is 0 Å². The molecule has 2 bridgehead atoms. The maximum atomic E-state index is 10.0. The van der Waals surface area contributed by atoms with E-state index in [0.29, 0.717) is 5.41 Å². The van der Waals surface area contributed by atoms with Crippen molar-refractivity contribution >= 4 is 0 Å². The largest absolute Gasteiger partial charge is 0.393 e. The summed E-state index contributed by atoms with van der Waals surface area (Å²) in [7, 11) is 0. The van der Waals surface area contributed by atoms with Crippen molar-refractivity contribution in [1.82, 2.24) is 0 Å². The highest BCUT2D eigenvalue weighted by Crippen LogP contribution is 2.61. The minimum absolute atomic E-state index is 0.00463. The topological polar surface area (TPSA) is 20.2 Å². The Morgan fingerprint density at radius 3 is 2.17 bits per heavy atom. The standard InChI is InChI=1S/C11H16O/c12-10-2-1-7-11(10)8-3-4-9(11)6-5-8/h3-4,8-10,12H,1-2,5-7H2/t8-,9+,10?,11?. The Bertz CT molecular complexity index is 217. The molecule has 1 spiro atoms. The first-order valence-corrected chi connectivity index (χ1v) is 5.20. The van der Waals surface area contributed by atoms with E-state index in [1.807, 2.05) is 0 Å². The number of aliphatic hydroxyl groups is 1. The monoisotopic (exact) mass is 164 g/mol. The SMILES string of the molecule is OC1CCCC12[C@@H]1C=C[C@H]2CC1. The molecule has 2 fully saturated rings. The summed E-state index contributed by atoms with van der Waals surface area (Å²) in [5, 5.41) is 10.0. The Hall–Kier alpha value is -0.300. The van der Waals surface area contributed by atoms with Crippen LogP contribution in [-0.4, -0.2) is 11.2 Å². The lowest BCUT2D eigenvalue weighted by atomic mass is 9.73. The number of rotatable bonds is 0. The van der Waals surface area contributed by atoms with E-state index in [-0.39, 0.29) is 6.10 Å². The zero-order chi connectivity index (χ0) is 8.18. The quantitative estimate of drug-likeness (QED) is 0.544. The van der Waals surface area contributed by atoms with Crippen LogP contribution in [0.3, 0.4) is 0 Å². The molecule has 3 rings (SSSR count). The summed E-state index contributed by atoms with van der Waals surface area (Å²) in [6.45, 7) is 0. The van der Waals surface area contributed by atoms with Gasteiger partial charge < -0.3 is 5.11 Å². The molecule has 0 aromatic carbocycles. The predicted molar refractivity (Wildman–Crippen MR) is 47.6 cm³/mol. The van der Waals surface area contributed by atoms with Crippen LogP contribution in [0.15, 0.2) is 12.2 Å². The van der Waals surface area contributed by atoms with Crippen LogP contribution in [0.4, 0.5) is 0 Å². The summed E-state index contributed by atoms with van der Waals surface area (Å²) >= 11 is 0. The molecule has 66 valence electrons. The van der Waals surface area contributed by atoms with Gasteiger partial charge in [0.25, 0.3) is 0 Å². The van der Waals surface area contributed by atoms with Crippen molar-refractivity contribution in [2.24, 2.45) is 17.3 Å². The molecule has 0 aliphatic heterocycles. The third-order valence-corrected chi connectivity index (χ3v) is 4.45. The van der Waals surface area contributed by atoms with Gasteiger partial charge in [-0.1, -0.05) is 18.6 Å². The molecule has 2 saturated carbocycles. The maximum Gasteiger partial charge on any atom is 0.0607 e. The van der Waals surface area contributed by atoms with Crippen LogP contribution in [0.5, 0.6) is 0 Å². The molecule has 2 unspecified atom stereocenters. The van der Waals surface area contributed by atoms with Crippen molar-refractivity contribution in [3.05, 3.63) is 12.2 Å². The molecule has 1 heteroatoms. The van der Waals surface area contributed by atoms with Crippen molar-refractivity contribution in [3.8, 4) is 0 Å². The molecular weight excluding hydrogens is 148 g/mol. The third-order valence-electron chi connectivity index (χ3n) is 4.45. The van der Waals surface area contributed by atoms with E-state index in [9.17, 15) is 5.11 Å². The Morgan fingerprint density at radius 2 is 1.75 bits per heavy atom. The van der Waals surface area contributed by atoms with Crippen LogP contribution < -0.4 is 0 Å². The smallest absolute Gasteiger partial charge is 0.0607 e. The molecular formula is C11H16O. The number of aliphatic hydroxyl groups excluding tert-OH is 1. The molecule has 0 radical (unpaired) electrons. The van der Waals surface area contributed by atoms with E-state index in [1.165, 1.54) is 25.7 Å². The molecule has 0 saturated heterocycles. The molecule has 0 aromatic rings. The summed E-state index contributed by atoms with van der Waals surface area (Å²) < 4.78 is 0. The van der Waals surface area contributed by atoms with Crippen molar-refractivity contribution in [2.45, 2.75) is 38.2 Å². The zero-order valence-corrected chi connectivity index (χ0v) is 7.37. The fourth-order valence-corrected chi connectivity index (χ4v) is 3.89. The Balaban J connectivity index is 2.01. The molecule has 12 heavy (non-hydrogen) atoms. The lowest BCUT2D eigenvalue weighted by Gasteiger charge is -2.33. The molecule has 1 N–H and O–H groups in total. The fraction of sp³-hybridized carbons (Fsp3) is 0.818. The minimum Gasteiger partial charge on any atom is -0.393 e. The van der Waals surface area contributed by atoms with Gasteiger partial charge in [-0.2, -0.15) is 0 Å². The highest BCUT2D eigenvalue weighted by molar-refractivity contribution is 5.21. The molecule has 4 atom stereocenters. The van der Waals surface area contributed by atoms with Crippen LogP contribution >= 0.6 is 0 Å². The Morgan fingerprint density at radius 1 is 1.08 bits per heavy atom. The maximum absolute atomic E-state index is 10.0.